The number of thiazole rings is 1. The molecule has 2 amide bonds. The molecule has 0 spiro atoms. The Morgan fingerprint density at radius 1 is 0.956 bits per heavy atom. The minimum Gasteiger partial charge on any atom is -0.322 e. The van der Waals surface area contributed by atoms with Crippen LogP contribution in [0.2, 0.25) is 0 Å². The lowest BCUT2D eigenvalue weighted by atomic mass is 9.95. The van der Waals surface area contributed by atoms with Gasteiger partial charge in [-0.05, 0) is 60.5 Å². The highest BCUT2D eigenvalue weighted by atomic mass is 79.9. The van der Waals surface area contributed by atoms with Gasteiger partial charge in [0.2, 0.25) is 0 Å². The van der Waals surface area contributed by atoms with Crippen LogP contribution in [0.15, 0.2) is 129 Å². The number of halogens is 2. The van der Waals surface area contributed by atoms with E-state index in [4.69, 9.17) is 4.99 Å². The summed E-state index contributed by atoms with van der Waals surface area (Å²) in [7, 11) is 0. The molecule has 2 aliphatic rings. The summed E-state index contributed by atoms with van der Waals surface area (Å²) in [6, 6.07) is 29.0. The van der Waals surface area contributed by atoms with E-state index in [9.17, 15) is 18.8 Å². The van der Waals surface area contributed by atoms with Crippen LogP contribution in [0, 0.1) is 5.82 Å². The summed E-state index contributed by atoms with van der Waals surface area (Å²) in [6.07, 6.45) is 0. The van der Waals surface area contributed by atoms with Gasteiger partial charge in [-0.3, -0.25) is 19.0 Å². The summed E-state index contributed by atoms with van der Waals surface area (Å²) >= 11 is 4.64. The van der Waals surface area contributed by atoms with E-state index >= 15 is 0 Å². The number of fused-ring (bicyclic) bond motifs is 2. The maximum atomic E-state index is 14.5. The third-order valence-electron chi connectivity index (χ3n) is 7.85. The average molecular weight is 680 g/mol. The quantitative estimate of drug-likeness (QED) is 0.259. The van der Waals surface area contributed by atoms with Gasteiger partial charge in [-0.1, -0.05) is 87.9 Å². The van der Waals surface area contributed by atoms with Crippen molar-refractivity contribution in [3.8, 4) is 0 Å². The van der Waals surface area contributed by atoms with Gasteiger partial charge in [0.25, 0.3) is 17.4 Å². The van der Waals surface area contributed by atoms with E-state index in [1.165, 1.54) is 16.7 Å². The Bertz CT molecular complexity index is 2210. The number of hydrogen-bond donors (Lipinski definition) is 1. The zero-order valence-corrected chi connectivity index (χ0v) is 26.2. The third-order valence-corrected chi connectivity index (χ3v) is 9.39. The molecule has 1 atom stereocenters. The SMILES string of the molecule is CC1=C(C(=O)Nc2ccccc2)[C@@H](c2ccc(F)cc2)n2c(s/c(=C3\C(=O)N(Cc4ccccc4)c4ccc(Br)cc43)c2=O)=N1. The zero-order chi connectivity index (χ0) is 31.2. The van der Waals surface area contributed by atoms with Crippen LogP contribution in [-0.2, 0) is 16.1 Å². The van der Waals surface area contributed by atoms with Crippen molar-refractivity contribution >= 4 is 56.0 Å². The molecule has 7 nitrogen and oxygen atoms in total. The molecule has 4 aromatic carbocycles. The topological polar surface area (TPSA) is 83.8 Å². The minimum atomic E-state index is -0.904. The predicted molar refractivity (Wildman–Crippen MR) is 176 cm³/mol. The van der Waals surface area contributed by atoms with Crippen LogP contribution in [0.25, 0.3) is 5.57 Å². The molecule has 1 N–H and O–H groups in total. The number of carbonyl (C=O) groups is 2. The fourth-order valence-electron chi connectivity index (χ4n) is 5.79. The zero-order valence-electron chi connectivity index (χ0n) is 23.8. The van der Waals surface area contributed by atoms with Gasteiger partial charge in [0.15, 0.2) is 4.80 Å². The van der Waals surface area contributed by atoms with Crippen molar-refractivity contribution in [3.05, 3.63) is 161 Å². The van der Waals surface area contributed by atoms with Crippen LogP contribution < -0.4 is 25.1 Å². The largest absolute Gasteiger partial charge is 0.322 e. The van der Waals surface area contributed by atoms with Crippen LogP contribution in [0.1, 0.15) is 29.7 Å². The van der Waals surface area contributed by atoms with Gasteiger partial charge >= 0.3 is 0 Å². The Morgan fingerprint density at radius 3 is 2.36 bits per heavy atom. The van der Waals surface area contributed by atoms with Crippen molar-refractivity contribution in [2.24, 2.45) is 4.99 Å². The number of nitrogens with zero attached hydrogens (tertiary/aromatic N) is 3. The van der Waals surface area contributed by atoms with Gasteiger partial charge < -0.3 is 10.2 Å². The van der Waals surface area contributed by atoms with E-state index in [-0.39, 0.29) is 21.6 Å². The number of amides is 2. The molecule has 45 heavy (non-hydrogen) atoms. The smallest absolute Gasteiger partial charge is 0.271 e. The van der Waals surface area contributed by atoms with Gasteiger partial charge in [-0.25, -0.2) is 9.38 Å². The number of nitrogens with one attached hydrogen (secondary N) is 1. The van der Waals surface area contributed by atoms with Gasteiger partial charge in [-0.15, -0.1) is 0 Å². The normalized spacial score (nSPS) is 16.7. The van der Waals surface area contributed by atoms with Gasteiger partial charge in [0, 0.05) is 15.7 Å². The molecule has 0 bridgehead atoms. The summed E-state index contributed by atoms with van der Waals surface area (Å²) in [4.78, 5) is 49.1. The second-order valence-electron chi connectivity index (χ2n) is 10.7. The molecule has 0 aliphatic carbocycles. The number of carbonyl (C=O) groups excluding carboxylic acids is 2. The summed E-state index contributed by atoms with van der Waals surface area (Å²) in [6.45, 7) is 2.04. The average Bonchev–Trinajstić information content (AvgIpc) is 3.49. The molecule has 10 heteroatoms. The fraction of sp³-hybridized carbons (Fsp3) is 0.0857. The molecule has 0 unspecified atom stereocenters. The van der Waals surface area contributed by atoms with E-state index in [0.29, 0.717) is 39.5 Å². The number of allylic oxidation sites excluding steroid dienone is 1. The fourth-order valence-corrected chi connectivity index (χ4v) is 7.29. The van der Waals surface area contributed by atoms with Crippen molar-refractivity contribution in [2.75, 3.05) is 10.2 Å². The molecule has 0 radical (unpaired) electrons. The molecule has 222 valence electrons. The first-order valence-electron chi connectivity index (χ1n) is 14.1. The lowest BCUT2D eigenvalue weighted by Gasteiger charge is -2.25. The van der Waals surface area contributed by atoms with Crippen molar-refractivity contribution in [1.29, 1.82) is 0 Å². The third kappa shape index (κ3) is 5.15. The number of anilines is 2. The molecule has 2 aliphatic heterocycles. The van der Waals surface area contributed by atoms with E-state index in [2.05, 4.69) is 21.2 Å². The molecular formula is C35H24BrFN4O3S. The molecule has 0 saturated carbocycles. The minimum absolute atomic E-state index is 0.221. The number of benzene rings is 4. The predicted octanol–water partition coefficient (Wildman–Crippen LogP) is 5.69. The standard InChI is InChI=1S/C35H24BrFN4O3S/c1-20-28(32(42)39-25-10-6-3-7-11-25)30(22-12-15-24(37)16-13-22)41-34(44)31(45-35(41)38-20)29-26-18-23(36)14-17-27(26)40(33(29)43)19-21-8-4-2-5-9-21/h2-18,30H,19H2,1H3,(H,39,42)/b31-29-/t30-/m1/s1. The van der Waals surface area contributed by atoms with Crippen molar-refractivity contribution in [2.45, 2.75) is 19.5 Å². The highest BCUT2D eigenvalue weighted by Crippen LogP contribution is 2.38. The number of rotatable bonds is 5. The highest BCUT2D eigenvalue weighted by molar-refractivity contribution is 9.10. The van der Waals surface area contributed by atoms with Crippen LogP contribution in [0.3, 0.4) is 0 Å². The number of aromatic nitrogens is 1. The van der Waals surface area contributed by atoms with Crippen LogP contribution in [-0.4, -0.2) is 16.4 Å². The monoisotopic (exact) mass is 678 g/mol. The number of hydrogen-bond acceptors (Lipinski definition) is 5. The van der Waals surface area contributed by atoms with Crippen LogP contribution in [0.5, 0.6) is 0 Å². The maximum absolute atomic E-state index is 14.5. The van der Waals surface area contributed by atoms with Gasteiger partial charge in [0.05, 0.1) is 35.1 Å². The Labute approximate surface area is 269 Å². The van der Waals surface area contributed by atoms with E-state index in [0.717, 1.165) is 21.4 Å². The Balaban J connectivity index is 1.42. The molecule has 7 rings (SSSR count). The Kier molecular flexibility index (Phi) is 7.39. The van der Waals surface area contributed by atoms with Crippen molar-refractivity contribution in [3.63, 3.8) is 0 Å². The van der Waals surface area contributed by atoms with Crippen molar-refractivity contribution < 1.29 is 14.0 Å². The first kappa shape index (κ1) is 28.8. The molecule has 5 aromatic rings. The maximum Gasteiger partial charge on any atom is 0.271 e. The van der Waals surface area contributed by atoms with E-state index < -0.39 is 23.3 Å². The first-order chi connectivity index (χ1) is 21.8. The summed E-state index contributed by atoms with van der Waals surface area (Å²) in [5.41, 5.74) is 3.88. The van der Waals surface area contributed by atoms with Gasteiger partial charge in [0.1, 0.15) is 10.3 Å². The Hall–Kier alpha value is -4.93. The molecule has 0 saturated heterocycles. The number of para-hydroxylation sites is 1. The molecule has 1 aromatic heterocycles. The summed E-state index contributed by atoms with van der Waals surface area (Å²) in [5.74, 6) is -1.18. The second-order valence-corrected chi connectivity index (χ2v) is 12.6. The van der Waals surface area contributed by atoms with Crippen LogP contribution >= 0.6 is 27.3 Å². The lowest BCUT2D eigenvalue weighted by Crippen LogP contribution is -2.41. The van der Waals surface area contributed by atoms with Crippen molar-refractivity contribution in [1.82, 2.24) is 4.57 Å². The molecular weight excluding hydrogens is 655 g/mol. The summed E-state index contributed by atoms with van der Waals surface area (Å²) < 4.78 is 16.5. The lowest BCUT2D eigenvalue weighted by molar-refractivity contribution is -0.114. The Morgan fingerprint density at radius 2 is 1.64 bits per heavy atom. The molecule has 3 heterocycles. The molecule has 0 fully saturated rings. The van der Waals surface area contributed by atoms with Crippen LogP contribution in [0.4, 0.5) is 15.8 Å². The summed E-state index contributed by atoms with van der Waals surface area (Å²) in [5, 5.41) is 2.91. The highest BCUT2D eigenvalue weighted by Gasteiger charge is 2.37. The van der Waals surface area contributed by atoms with E-state index in [1.807, 2.05) is 54.6 Å². The second kappa shape index (κ2) is 11.5. The van der Waals surface area contributed by atoms with Gasteiger partial charge in [-0.2, -0.15) is 0 Å². The van der Waals surface area contributed by atoms with E-state index in [1.54, 1.807) is 48.2 Å². The first-order valence-corrected chi connectivity index (χ1v) is 15.7.